The molecular formula is C23H23ClN2O4S. The molecule has 0 spiro atoms. The molecule has 0 radical (unpaired) electrons. The molecule has 0 saturated carbocycles. The molecule has 1 amide bonds. The molecule has 2 aromatic heterocycles. The summed E-state index contributed by atoms with van der Waals surface area (Å²) in [4.78, 5) is 27.3. The van der Waals surface area contributed by atoms with Crippen molar-refractivity contribution in [1.82, 2.24) is 5.16 Å². The SMILES string of the molecule is CCCOC(=O)c1c(NC(=O)c2c(-c3ccccc3Cl)noc2C)sc2c1CCCC2. The highest BCUT2D eigenvalue weighted by Gasteiger charge is 2.29. The standard InChI is InChI=1S/C23H23ClN2O4S/c1-3-12-29-23(28)19-15-9-5-7-11-17(15)31-22(19)25-21(27)18-13(2)30-26-20(18)14-8-4-6-10-16(14)24/h4,6,8,10H,3,5,7,9,11-12H2,1-2H3,(H,25,27). The van der Waals surface area contributed by atoms with Crippen LogP contribution in [0.25, 0.3) is 11.3 Å². The second-order valence-electron chi connectivity index (χ2n) is 7.45. The number of aryl methyl sites for hydroxylation is 2. The summed E-state index contributed by atoms with van der Waals surface area (Å²) in [6, 6.07) is 7.15. The number of fused-ring (bicyclic) bond motifs is 1. The highest BCUT2D eigenvalue weighted by molar-refractivity contribution is 7.17. The molecule has 31 heavy (non-hydrogen) atoms. The molecule has 1 aliphatic rings. The lowest BCUT2D eigenvalue weighted by Crippen LogP contribution is -2.17. The maximum atomic E-state index is 13.3. The molecule has 4 rings (SSSR count). The molecule has 2 heterocycles. The first-order chi connectivity index (χ1) is 15.0. The molecule has 0 aliphatic heterocycles. The van der Waals surface area contributed by atoms with Crippen molar-refractivity contribution in [2.24, 2.45) is 0 Å². The van der Waals surface area contributed by atoms with E-state index in [1.54, 1.807) is 19.1 Å². The Morgan fingerprint density at radius 1 is 1.23 bits per heavy atom. The van der Waals surface area contributed by atoms with Gasteiger partial charge in [0, 0.05) is 10.4 Å². The van der Waals surface area contributed by atoms with Gasteiger partial charge in [0.15, 0.2) is 0 Å². The van der Waals surface area contributed by atoms with Gasteiger partial charge >= 0.3 is 5.97 Å². The van der Waals surface area contributed by atoms with E-state index in [9.17, 15) is 9.59 Å². The average molecular weight is 459 g/mol. The summed E-state index contributed by atoms with van der Waals surface area (Å²) >= 11 is 7.77. The van der Waals surface area contributed by atoms with Gasteiger partial charge in [-0.25, -0.2) is 4.79 Å². The van der Waals surface area contributed by atoms with Gasteiger partial charge < -0.3 is 14.6 Å². The summed E-state index contributed by atoms with van der Waals surface area (Å²) in [5.74, 6) is -0.398. The summed E-state index contributed by atoms with van der Waals surface area (Å²) in [5.41, 5.74) is 2.76. The number of benzene rings is 1. The number of carbonyl (C=O) groups excluding carboxylic acids is 2. The van der Waals surface area contributed by atoms with E-state index in [0.717, 1.165) is 42.5 Å². The second-order valence-corrected chi connectivity index (χ2v) is 8.96. The number of amides is 1. The Hall–Kier alpha value is -2.64. The molecule has 0 saturated heterocycles. The van der Waals surface area contributed by atoms with Gasteiger partial charge in [0.1, 0.15) is 22.0 Å². The minimum atomic E-state index is -0.392. The van der Waals surface area contributed by atoms with Crippen LogP contribution in [0, 0.1) is 6.92 Å². The maximum Gasteiger partial charge on any atom is 0.341 e. The number of carbonyl (C=O) groups is 2. The number of rotatable bonds is 6. The van der Waals surface area contributed by atoms with Crippen LogP contribution >= 0.6 is 22.9 Å². The number of ether oxygens (including phenoxy) is 1. The molecule has 1 aromatic carbocycles. The smallest absolute Gasteiger partial charge is 0.341 e. The van der Waals surface area contributed by atoms with Crippen molar-refractivity contribution >= 4 is 39.8 Å². The van der Waals surface area contributed by atoms with Gasteiger partial charge in [-0.15, -0.1) is 11.3 Å². The lowest BCUT2D eigenvalue weighted by molar-refractivity contribution is 0.0505. The van der Waals surface area contributed by atoms with Crippen LogP contribution < -0.4 is 5.32 Å². The summed E-state index contributed by atoms with van der Waals surface area (Å²) in [6.45, 7) is 3.97. The summed E-state index contributed by atoms with van der Waals surface area (Å²) < 4.78 is 10.7. The Balaban J connectivity index is 1.70. The van der Waals surface area contributed by atoms with Gasteiger partial charge in [0.25, 0.3) is 5.91 Å². The minimum Gasteiger partial charge on any atom is -0.462 e. The highest BCUT2D eigenvalue weighted by Crippen LogP contribution is 2.39. The predicted molar refractivity (Wildman–Crippen MR) is 121 cm³/mol. The number of esters is 1. The predicted octanol–water partition coefficient (Wildman–Crippen LogP) is 6.06. The van der Waals surface area contributed by atoms with Crippen LogP contribution in [-0.4, -0.2) is 23.6 Å². The lowest BCUT2D eigenvalue weighted by Gasteiger charge is -2.12. The third-order valence-electron chi connectivity index (χ3n) is 5.26. The van der Waals surface area contributed by atoms with E-state index in [1.165, 1.54) is 11.3 Å². The maximum absolute atomic E-state index is 13.3. The first-order valence-electron chi connectivity index (χ1n) is 10.4. The Kier molecular flexibility index (Phi) is 6.43. The van der Waals surface area contributed by atoms with Crippen LogP contribution in [0.3, 0.4) is 0 Å². The third-order valence-corrected chi connectivity index (χ3v) is 6.80. The van der Waals surface area contributed by atoms with Crippen LogP contribution in [0.5, 0.6) is 0 Å². The van der Waals surface area contributed by atoms with Crippen LogP contribution in [0.2, 0.25) is 5.02 Å². The zero-order valence-corrected chi connectivity index (χ0v) is 19.0. The highest BCUT2D eigenvalue weighted by atomic mass is 35.5. The Bertz CT molecular complexity index is 1130. The fourth-order valence-corrected chi connectivity index (χ4v) is 5.28. The van der Waals surface area contributed by atoms with E-state index in [1.807, 2.05) is 19.1 Å². The number of hydrogen-bond acceptors (Lipinski definition) is 6. The van der Waals surface area contributed by atoms with E-state index in [4.69, 9.17) is 20.9 Å². The lowest BCUT2D eigenvalue weighted by atomic mass is 9.95. The van der Waals surface area contributed by atoms with Crippen molar-refractivity contribution in [2.45, 2.75) is 46.0 Å². The van der Waals surface area contributed by atoms with Gasteiger partial charge in [-0.05, 0) is 50.7 Å². The molecular weight excluding hydrogens is 436 g/mol. The zero-order valence-electron chi connectivity index (χ0n) is 17.4. The molecule has 0 unspecified atom stereocenters. The summed E-state index contributed by atoms with van der Waals surface area (Å²) in [5, 5.41) is 7.99. The normalized spacial score (nSPS) is 13.0. The molecule has 0 bridgehead atoms. The molecule has 3 aromatic rings. The molecule has 1 aliphatic carbocycles. The first kappa shape index (κ1) is 21.6. The van der Waals surface area contributed by atoms with Crippen LogP contribution in [0.4, 0.5) is 5.00 Å². The quantitative estimate of drug-likeness (QED) is 0.454. The van der Waals surface area contributed by atoms with Crippen molar-refractivity contribution in [3.63, 3.8) is 0 Å². The largest absolute Gasteiger partial charge is 0.462 e. The van der Waals surface area contributed by atoms with E-state index < -0.39 is 5.91 Å². The Morgan fingerprint density at radius 2 is 2.00 bits per heavy atom. The van der Waals surface area contributed by atoms with Crippen LogP contribution in [-0.2, 0) is 17.6 Å². The average Bonchev–Trinajstić information content (AvgIpc) is 3.32. The van der Waals surface area contributed by atoms with E-state index >= 15 is 0 Å². The number of thiophene rings is 1. The monoisotopic (exact) mass is 458 g/mol. The Morgan fingerprint density at radius 3 is 2.77 bits per heavy atom. The molecule has 0 fully saturated rings. The van der Waals surface area contributed by atoms with Gasteiger partial charge in [0.05, 0.1) is 17.2 Å². The van der Waals surface area contributed by atoms with Crippen LogP contribution in [0.1, 0.15) is 63.1 Å². The van der Waals surface area contributed by atoms with Gasteiger partial charge in [-0.1, -0.05) is 41.9 Å². The first-order valence-corrected chi connectivity index (χ1v) is 11.5. The fraction of sp³-hybridized carbons (Fsp3) is 0.348. The molecule has 1 N–H and O–H groups in total. The van der Waals surface area contributed by atoms with Gasteiger partial charge in [0.2, 0.25) is 0 Å². The summed E-state index contributed by atoms with van der Waals surface area (Å²) in [6.07, 6.45) is 4.55. The van der Waals surface area contributed by atoms with Crippen molar-refractivity contribution < 1.29 is 18.8 Å². The number of anilines is 1. The molecule has 0 atom stereocenters. The fourth-order valence-electron chi connectivity index (χ4n) is 3.78. The molecule has 162 valence electrons. The zero-order chi connectivity index (χ0) is 22.0. The van der Waals surface area contributed by atoms with Crippen molar-refractivity contribution in [3.8, 4) is 11.3 Å². The second kappa shape index (κ2) is 9.24. The van der Waals surface area contributed by atoms with E-state index in [-0.39, 0.29) is 5.97 Å². The Labute approximate surface area is 189 Å². The van der Waals surface area contributed by atoms with Gasteiger partial charge in [-0.3, -0.25) is 4.79 Å². The number of halogens is 1. The van der Waals surface area contributed by atoms with E-state index in [0.29, 0.717) is 44.8 Å². The van der Waals surface area contributed by atoms with Crippen molar-refractivity contribution in [2.75, 3.05) is 11.9 Å². The van der Waals surface area contributed by atoms with E-state index in [2.05, 4.69) is 10.5 Å². The minimum absolute atomic E-state index is 0.298. The number of nitrogens with zero attached hydrogens (tertiary/aromatic N) is 1. The topological polar surface area (TPSA) is 81.4 Å². The number of hydrogen-bond donors (Lipinski definition) is 1. The molecule has 8 heteroatoms. The van der Waals surface area contributed by atoms with Crippen molar-refractivity contribution in [1.29, 1.82) is 0 Å². The van der Waals surface area contributed by atoms with Crippen molar-refractivity contribution in [3.05, 3.63) is 56.6 Å². The van der Waals surface area contributed by atoms with Gasteiger partial charge in [-0.2, -0.15) is 0 Å². The third kappa shape index (κ3) is 4.25. The summed E-state index contributed by atoms with van der Waals surface area (Å²) in [7, 11) is 0. The number of aromatic nitrogens is 1. The number of nitrogens with one attached hydrogen (secondary N) is 1. The van der Waals surface area contributed by atoms with Crippen LogP contribution in [0.15, 0.2) is 28.8 Å². The molecule has 6 nitrogen and oxygen atoms in total.